The Bertz CT molecular complexity index is 367. The molecule has 0 spiro atoms. The van der Waals surface area contributed by atoms with Gasteiger partial charge in [0.25, 0.3) is 0 Å². The van der Waals surface area contributed by atoms with Gasteiger partial charge in [-0.2, -0.15) is 4.98 Å². The number of amides is 1. The first-order chi connectivity index (χ1) is 7.04. The maximum absolute atomic E-state index is 10.8. The summed E-state index contributed by atoms with van der Waals surface area (Å²) in [5, 5.41) is 2.79. The van der Waals surface area contributed by atoms with Crippen molar-refractivity contribution in [1.29, 1.82) is 0 Å². The maximum atomic E-state index is 10.8. The number of nitrogens with two attached hydrogens (primary N) is 2. The van der Waals surface area contributed by atoms with Crippen LogP contribution in [0.5, 0.6) is 5.88 Å². The Morgan fingerprint density at radius 3 is 2.80 bits per heavy atom. The topological polar surface area (TPSA) is 103 Å². The molecule has 1 unspecified atom stereocenters. The van der Waals surface area contributed by atoms with E-state index in [9.17, 15) is 4.79 Å². The lowest BCUT2D eigenvalue weighted by molar-refractivity contribution is -0.118. The van der Waals surface area contributed by atoms with Gasteiger partial charge in [-0.3, -0.25) is 4.79 Å². The van der Waals surface area contributed by atoms with Gasteiger partial charge in [0.1, 0.15) is 6.04 Å². The zero-order chi connectivity index (χ0) is 11.4. The van der Waals surface area contributed by atoms with Crippen molar-refractivity contribution in [2.45, 2.75) is 13.0 Å². The molecule has 15 heavy (non-hydrogen) atoms. The second-order valence-electron chi connectivity index (χ2n) is 3.06. The molecule has 1 rings (SSSR count). The number of nitrogens with zero attached hydrogens (tertiary/aromatic N) is 1. The minimum Gasteiger partial charge on any atom is -0.481 e. The quantitative estimate of drug-likeness (QED) is 0.646. The molecule has 1 aromatic heterocycles. The van der Waals surface area contributed by atoms with Crippen LogP contribution in [0.25, 0.3) is 0 Å². The van der Waals surface area contributed by atoms with E-state index in [2.05, 4.69) is 10.3 Å². The smallest absolute Gasteiger partial charge is 0.239 e. The summed E-state index contributed by atoms with van der Waals surface area (Å²) in [7, 11) is 1.50. The van der Waals surface area contributed by atoms with Crippen molar-refractivity contribution in [3.8, 4) is 5.88 Å². The number of anilines is 2. The Labute approximate surface area is 87.6 Å². The molecular weight excluding hydrogens is 196 g/mol. The van der Waals surface area contributed by atoms with Crippen molar-refractivity contribution < 1.29 is 9.53 Å². The van der Waals surface area contributed by atoms with E-state index in [-0.39, 0.29) is 0 Å². The van der Waals surface area contributed by atoms with Gasteiger partial charge in [0, 0.05) is 6.07 Å². The molecule has 0 radical (unpaired) electrons. The van der Waals surface area contributed by atoms with Crippen LogP contribution < -0.4 is 21.5 Å². The molecule has 0 bridgehead atoms. The first kappa shape index (κ1) is 11.1. The highest BCUT2D eigenvalue weighted by Gasteiger charge is 2.11. The minimum atomic E-state index is -0.535. The third kappa shape index (κ3) is 2.73. The predicted octanol–water partition coefficient (Wildman–Crippen LogP) is -0.0419. The fourth-order valence-electron chi connectivity index (χ4n) is 0.958. The first-order valence-electron chi connectivity index (χ1n) is 4.41. The molecule has 0 aliphatic rings. The Hall–Kier alpha value is -1.98. The molecule has 1 atom stereocenters. The lowest BCUT2D eigenvalue weighted by Gasteiger charge is -2.13. The van der Waals surface area contributed by atoms with Crippen LogP contribution in [0.4, 0.5) is 11.5 Å². The van der Waals surface area contributed by atoms with Crippen molar-refractivity contribution in [2.75, 3.05) is 18.2 Å². The summed E-state index contributed by atoms with van der Waals surface area (Å²) in [6.07, 6.45) is 0. The standard InChI is InChI=1S/C9H14N4O2/c1-5(8(11)14)12-9-6(10)3-4-7(13-9)15-2/h3-5H,10H2,1-2H3,(H2,11,14)(H,12,13). The molecular formula is C9H14N4O2. The van der Waals surface area contributed by atoms with Gasteiger partial charge in [0.2, 0.25) is 11.8 Å². The molecule has 82 valence electrons. The van der Waals surface area contributed by atoms with Gasteiger partial charge >= 0.3 is 0 Å². The number of ether oxygens (including phenoxy) is 1. The molecule has 0 fully saturated rings. The Balaban J connectivity index is 2.88. The van der Waals surface area contributed by atoms with Gasteiger partial charge in [-0.15, -0.1) is 0 Å². The van der Waals surface area contributed by atoms with Crippen LogP contribution in [0.15, 0.2) is 12.1 Å². The van der Waals surface area contributed by atoms with Crippen LogP contribution >= 0.6 is 0 Å². The first-order valence-corrected chi connectivity index (χ1v) is 4.41. The summed E-state index contributed by atoms with van der Waals surface area (Å²) in [5.74, 6) is 0.336. The molecule has 1 amide bonds. The van der Waals surface area contributed by atoms with E-state index in [1.165, 1.54) is 7.11 Å². The number of nitrogen functional groups attached to an aromatic ring is 1. The second kappa shape index (κ2) is 4.50. The number of rotatable bonds is 4. The van der Waals surface area contributed by atoms with Gasteiger partial charge < -0.3 is 21.5 Å². The van der Waals surface area contributed by atoms with E-state index in [1.54, 1.807) is 19.1 Å². The number of pyridine rings is 1. The van der Waals surface area contributed by atoms with E-state index in [4.69, 9.17) is 16.2 Å². The van der Waals surface area contributed by atoms with Gasteiger partial charge in [-0.25, -0.2) is 0 Å². The number of hydrogen-bond donors (Lipinski definition) is 3. The van der Waals surface area contributed by atoms with Crippen molar-refractivity contribution in [3.63, 3.8) is 0 Å². The monoisotopic (exact) mass is 210 g/mol. The molecule has 6 heteroatoms. The second-order valence-corrected chi connectivity index (χ2v) is 3.06. The summed E-state index contributed by atoms with van der Waals surface area (Å²) >= 11 is 0. The number of nitrogens with one attached hydrogen (secondary N) is 1. The summed E-state index contributed by atoms with van der Waals surface area (Å²) in [5.41, 5.74) is 11.2. The molecule has 1 heterocycles. The molecule has 5 N–H and O–H groups in total. The van der Waals surface area contributed by atoms with Crippen molar-refractivity contribution in [3.05, 3.63) is 12.1 Å². The van der Waals surface area contributed by atoms with Crippen LogP contribution in [-0.2, 0) is 4.79 Å². The van der Waals surface area contributed by atoms with Gasteiger partial charge in [0.15, 0.2) is 5.82 Å². The fourth-order valence-corrected chi connectivity index (χ4v) is 0.958. The zero-order valence-corrected chi connectivity index (χ0v) is 8.65. The van der Waals surface area contributed by atoms with Crippen LogP contribution in [-0.4, -0.2) is 24.0 Å². The number of carbonyl (C=O) groups excluding carboxylic acids is 1. The summed E-state index contributed by atoms with van der Waals surface area (Å²) in [6.45, 7) is 1.63. The third-order valence-corrected chi connectivity index (χ3v) is 1.89. The minimum absolute atomic E-state index is 0.389. The number of carbonyl (C=O) groups is 1. The Morgan fingerprint density at radius 2 is 2.27 bits per heavy atom. The molecule has 0 saturated heterocycles. The van der Waals surface area contributed by atoms with E-state index >= 15 is 0 Å². The largest absolute Gasteiger partial charge is 0.481 e. The summed E-state index contributed by atoms with van der Waals surface area (Å²) in [4.78, 5) is 14.9. The molecule has 0 aliphatic heterocycles. The molecule has 6 nitrogen and oxygen atoms in total. The molecule has 0 aliphatic carbocycles. The van der Waals surface area contributed by atoms with Gasteiger partial charge in [0.05, 0.1) is 12.8 Å². The van der Waals surface area contributed by atoms with Crippen LogP contribution in [0, 0.1) is 0 Å². The molecule has 0 saturated carbocycles. The number of primary amides is 1. The van der Waals surface area contributed by atoms with E-state index in [1.807, 2.05) is 0 Å². The molecule has 0 aromatic carbocycles. The number of aromatic nitrogens is 1. The van der Waals surface area contributed by atoms with Gasteiger partial charge in [-0.05, 0) is 13.0 Å². The van der Waals surface area contributed by atoms with E-state index in [0.717, 1.165) is 0 Å². The lowest BCUT2D eigenvalue weighted by Crippen LogP contribution is -2.33. The van der Waals surface area contributed by atoms with E-state index in [0.29, 0.717) is 17.4 Å². The highest BCUT2D eigenvalue weighted by atomic mass is 16.5. The Morgan fingerprint density at radius 1 is 1.60 bits per heavy atom. The summed E-state index contributed by atoms with van der Waals surface area (Å²) in [6, 6.07) is 2.74. The average Bonchev–Trinajstić information content (AvgIpc) is 2.21. The van der Waals surface area contributed by atoms with E-state index < -0.39 is 11.9 Å². The number of methoxy groups -OCH3 is 1. The van der Waals surface area contributed by atoms with Crippen molar-refractivity contribution in [2.24, 2.45) is 5.73 Å². The van der Waals surface area contributed by atoms with Crippen molar-refractivity contribution >= 4 is 17.4 Å². The molecule has 1 aromatic rings. The highest BCUT2D eigenvalue weighted by molar-refractivity contribution is 5.83. The van der Waals surface area contributed by atoms with Crippen LogP contribution in [0.2, 0.25) is 0 Å². The normalized spacial score (nSPS) is 11.9. The average molecular weight is 210 g/mol. The van der Waals surface area contributed by atoms with Crippen LogP contribution in [0.1, 0.15) is 6.92 Å². The number of hydrogen-bond acceptors (Lipinski definition) is 5. The predicted molar refractivity (Wildman–Crippen MR) is 57.5 cm³/mol. The fraction of sp³-hybridized carbons (Fsp3) is 0.333. The highest BCUT2D eigenvalue weighted by Crippen LogP contribution is 2.19. The third-order valence-electron chi connectivity index (χ3n) is 1.89. The SMILES string of the molecule is COc1ccc(N)c(NC(C)C(N)=O)n1. The maximum Gasteiger partial charge on any atom is 0.239 e. The van der Waals surface area contributed by atoms with Gasteiger partial charge in [-0.1, -0.05) is 0 Å². The summed E-state index contributed by atoms with van der Waals surface area (Å²) < 4.78 is 4.93. The van der Waals surface area contributed by atoms with Crippen LogP contribution in [0.3, 0.4) is 0 Å². The Kier molecular flexibility index (Phi) is 3.33. The zero-order valence-electron chi connectivity index (χ0n) is 8.65. The lowest BCUT2D eigenvalue weighted by atomic mass is 10.3. The van der Waals surface area contributed by atoms with Crippen molar-refractivity contribution in [1.82, 2.24) is 4.98 Å².